The third-order valence-corrected chi connectivity index (χ3v) is 3.84. The Morgan fingerprint density at radius 3 is 2.87 bits per heavy atom. The summed E-state index contributed by atoms with van der Waals surface area (Å²) in [5.74, 6) is -0.661. The van der Waals surface area contributed by atoms with Crippen LogP contribution in [-0.2, 0) is 17.9 Å². The molecule has 1 amide bonds. The molecule has 5 nitrogen and oxygen atoms in total. The number of halogens is 1. The maximum Gasteiger partial charge on any atom is 0.276 e. The van der Waals surface area contributed by atoms with Crippen LogP contribution in [-0.4, -0.2) is 25.7 Å². The molecule has 0 saturated carbocycles. The zero-order valence-electron chi connectivity index (χ0n) is 12.5. The van der Waals surface area contributed by atoms with E-state index in [0.29, 0.717) is 17.2 Å². The molecule has 0 aliphatic carbocycles. The first-order valence-corrected chi connectivity index (χ1v) is 7.59. The summed E-state index contributed by atoms with van der Waals surface area (Å²) in [6, 6.07) is 6.27. The Bertz CT molecular complexity index is 799. The minimum atomic E-state index is -0.386. The highest BCUT2D eigenvalue weighted by Gasteiger charge is 2.31. The highest BCUT2D eigenvalue weighted by atomic mass is 32.1. The molecule has 1 fully saturated rings. The molecule has 3 rings (SSSR count). The van der Waals surface area contributed by atoms with Crippen LogP contribution in [0.25, 0.3) is 6.08 Å². The van der Waals surface area contributed by atoms with Gasteiger partial charge in [-0.3, -0.25) is 14.4 Å². The average molecular weight is 330 g/mol. The molecule has 1 saturated heterocycles. The number of carbonyl (C=O) groups excluding carboxylic acids is 1. The Hall–Kier alpha value is -2.54. The molecule has 2 heterocycles. The highest BCUT2D eigenvalue weighted by molar-refractivity contribution is 7.80. The number of carbonyl (C=O) groups is 1. The van der Waals surface area contributed by atoms with Gasteiger partial charge in [0, 0.05) is 23.9 Å². The number of aromatic nitrogens is 2. The fourth-order valence-electron chi connectivity index (χ4n) is 2.31. The van der Waals surface area contributed by atoms with Crippen molar-refractivity contribution in [2.75, 3.05) is 0 Å². The van der Waals surface area contributed by atoms with Gasteiger partial charge >= 0.3 is 0 Å². The van der Waals surface area contributed by atoms with Crippen LogP contribution in [0.2, 0.25) is 0 Å². The largest absolute Gasteiger partial charge is 0.328 e. The van der Waals surface area contributed by atoms with Crippen LogP contribution in [0.5, 0.6) is 0 Å². The quantitative estimate of drug-likeness (QED) is 0.690. The second-order valence-electron chi connectivity index (χ2n) is 5.11. The van der Waals surface area contributed by atoms with E-state index in [9.17, 15) is 9.18 Å². The predicted octanol–water partition coefficient (Wildman–Crippen LogP) is 2.30. The predicted molar refractivity (Wildman–Crippen MR) is 88.6 cm³/mol. The van der Waals surface area contributed by atoms with Gasteiger partial charge < -0.3 is 5.32 Å². The molecule has 0 spiro atoms. The van der Waals surface area contributed by atoms with Crippen LogP contribution in [0.4, 0.5) is 4.39 Å². The molecule has 1 N–H and O–H groups in total. The van der Waals surface area contributed by atoms with Crippen LogP contribution >= 0.6 is 12.2 Å². The number of nitrogens with one attached hydrogen (secondary N) is 1. The first-order valence-electron chi connectivity index (χ1n) is 7.19. The molecule has 0 unspecified atom stereocenters. The van der Waals surface area contributed by atoms with Crippen LogP contribution in [0.3, 0.4) is 0 Å². The lowest BCUT2D eigenvalue weighted by atomic mass is 10.2. The minimum absolute atomic E-state index is 0.267. The van der Waals surface area contributed by atoms with E-state index in [1.165, 1.54) is 17.0 Å². The maximum atomic E-state index is 13.7. The Balaban J connectivity index is 1.81. The average Bonchev–Trinajstić information content (AvgIpc) is 3.10. The molecule has 0 bridgehead atoms. The second-order valence-corrected chi connectivity index (χ2v) is 5.49. The van der Waals surface area contributed by atoms with Crippen molar-refractivity contribution in [1.29, 1.82) is 0 Å². The van der Waals surface area contributed by atoms with E-state index >= 15 is 0 Å². The number of hydrogen-bond acceptors (Lipinski definition) is 3. The number of nitrogens with zero attached hydrogens (tertiary/aromatic N) is 3. The van der Waals surface area contributed by atoms with Crippen molar-refractivity contribution in [3.8, 4) is 0 Å². The van der Waals surface area contributed by atoms with Crippen molar-refractivity contribution in [3.05, 3.63) is 59.3 Å². The molecule has 1 aliphatic rings. The van der Waals surface area contributed by atoms with E-state index in [2.05, 4.69) is 10.4 Å². The number of aryl methyl sites for hydroxylation is 1. The lowest BCUT2D eigenvalue weighted by Gasteiger charge is -2.12. The minimum Gasteiger partial charge on any atom is -0.328 e. The van der Waals surface area contributed by atoms with Crippen LogP contribution in [0, 0.1) is 5.82 Å². The van der Waals surface area contributed by atoms with Gasteiger partial charge in [-0.2, -0.15) is 5.10 Å². The molecular weight excluding hydrogens is 315 g/mol. The zero-order chi connectivity index (χ0) is 16.4. The second kappa shape index (κ2) is 6.29. The summed E-state index contributed by atoms with van der Waals surface area (Å²) in [4.78, 5) is 13.9. The van der Waals surface area contributed by atoms with Gasteiger partial charge in [0.15, 0.2) is 5.11 Å². The fourth-order valence-corrected chi connectivity index (χ4v) is 2.56. The van der Waals surface area contributed by atoms with Crippen LogP contribution in [0.1, 0.15) is 18.1 Å². The molecule has 118 valence electrons. The first-order chi connectivity index (χ1) is 11.1. The molecule has 1 aromatic heterocycles. The summed E-state index contributed by atoms with van der Waals surface area (Å²) in [5, 5.41) is 7.33. The van der Waals surface area contributed by atoms with Gasteiger partial charge in [-0.15, -0.1) is 0 Å². The van der Waals surface area contributed by atoms with Crippen molar-refractivity contribution in [2.45, 2.75) is 20.0 Å². The van der Waals surface area contributed by atoms with Crippen molar-refractivity contribution in [2.24, 2.45) is 0 Å². The molecule has 1 aromatic carbocycles. The first kappa shape index (κ1) is 15.4. The fraction of sp³-hybridized carbons (Fsp3) is 0.188. The smallest absolute Gasteiger partial charge is 0.276 e. The normalized spacial score (nSPS) is 16.3. The Kier molecular flexibility index (Phi) is 4.20. The number of thiocarbonyl (C=S) groups is 1. The Morgan fingerprint density at radius 1 is 1.39 bits per heavy atom. The molecular formula is C16H15FN4OS. The van der Waals surface area contributed by atoms with Crippen molar-refractivity contribution < 1.29 is 9.18 Å². The van der Waals surface area contributed by atoms with Crippen molar-refractivity contribution in [3.63, 3.8) is 0 Å². The maximum absolute atomic E-state index is 13.7. The summed E-state index contributed by atoms with van der Waals surface area (Å²) in [5.41, 5.74) is 1.49. The van der Waals surface area contributed by atoms with Gasteiger partial charge in [-0.1, -0.05) is 18.2 Å². The summed E-state index contributed by atoms with van der Waals surface area (Å²) >= 11 is 5.21. The van der Waals surface area contributed by atoms with Gasteiger partial charge in [-0.25, -0.2) is 4.39 Å². The van der Waals surface area contributed by atoms with Crippen LogP contribution < -0.4 is 5.32 Å². The molecule has 7 heteroatoms. The van der Waals surface area contributed by atoms with Gasteiger partial charge in [0.2, 0.25) is 0 Å². The van der Waals surface area contributed by atoms with Gasteiger partial charge in [0.05, 0.1) is 12.7 Å². The molecule has 23 heavy (non-hydrogen) atoms. The summed E-state index contributed by atoms with van der Waals surface area (Å²) in [6.07, 6.45) is 5.05. The monoisotopic (exact) mass is 330 g/mol. The zero-order valence-corrected chi connectivity index (χ0v) is 13.3. The molecule has 0 atom stereocenters. The Labute approximate surface area is 138 Å². The van der Waals surface area contributed by atoms with Crippen molar-refractivity contribution in [1.82, 2.24) is 20.0 Å². The van der Waals surface area contributed by atoms with E-state index in [0.717, 1.165) is 12.1 Å². The third-order valence-electron chi connectivity index (χ3n) is 3.52. The van der Waals surface area contributed by atoms with Crippen LogP contribution in [0.15, 0.2) is 42.4 Å². The van der Waals surface area contributed by atoms with E-state index < -0.39 is 0 Å². The molecule has 2 aromatic rings. The summed E-state index contributed by atoms with van der Waals surface area (Å²) in [6.45, 7) is 3.08. The number of amides is 1. The standard InChI is InChI=1S/C16H15FN4OS/c1-2-20-9-11(8-18-20)10-21-15(22)14(19-16(21)23)7-12-5-3-4-6-13(12)17/h3-9H,2,10H2,1H3,(H,19,23)/b14-7+. The lowest BCUT2D eigenvalue weighted by Crippen LogP contribution is -2.29. The van der Waals surface area contributed by atoms with E-state index in [1.54, 1.807) is 29.1 Å². The van der Waals surface area contributed by atoms with Gasteiger partial charge in [0.25, 0.3) is 5.91 Å². The van der Waals surface area contributed by atoms with E-state index in [4.69, 9.17) is 12.2 Å². The highest BCUT2D eigenvalue weighted by Crippen LogP contribution is 2.18. The van der Waals surface area contributed by atoms with Gasteiger partial charge in [0.1, 0.15) is 11.5 Å². The number of rotatable bonds is 4. The third kappa shape index (κ3) is 3.14. The Morgan fingerprint density at radius 2 is 2.17 bits per heavy atom. The van der Waals surface area contributed by atoms with Crippen molar-refractivity contribution >= 4 is 29.3 Å². The molecule has 0 radical (unpaired) electrons. The number of benzene rings is 1. The SMILES string of the molecule is CCn1cc(CN2C(=O)/C(=C\c3ccccc3F)NC2=S)cn1. The van der Waals surface area contributed by atoms with Gasteiger partial charge in [-0.05, 0) is 31.3 Å². The molecule has 1 aliphatic heterocycles. The topological polar surface area (TPSA) is 50.2 Å². The lowest BCUT2D eigenvalue weighted by molar-refractivity contribution is -0.122. The number of hydrogen-bond donors (Lipinski definition) is 1. The summed E-state index contributed by atoms with van der Waals surface area (Å²) in [7, 11) is 0. The van der Waals surface area contributed by atoms with E-state index in [1.807, 2.05) is 13.1 Å². The summed E-state index contributed by atoms with van der Waals surface area (Å²) < 4.78 is 15.5. The van der Waals surface area contributed by atoms with E-state index in [-0.39, 0.29) is 17.4 Å².